The summed E-state index contributed by atoms with van der Waals surface area (Å²) in [5.74, 6) is 0. The molecule has 0 aromatic heterocycles. The van der Waals surface area contributed by atoms with Crippen molar-refractivity contribution in [1.82, 2.24) is 0 Å². The largest absolute Gasteiger partial charge is 0.0754 e. The zero-order valence-electron chi connectivity index (χ0n) is 13.0. The SMILES string of the molecule is Cc1c(C)c(C)c(-c2cccc3c2C=C[CH]3)c(C)c1C. The van der Waals surface area contributed by atoms with E-state index in [-0.39, 0.29) is 0 Å². The van der Waals surface area contributed by atoms with Gasteiger partial charge in [-0.05, 0) is 84.7 Å². The van der Waals surface area contributed by atoms with Crippen LogP contribution in [0.15, 0.2) is 24.3 Å². The molecule has 0 bridgehead atoms. The molecule has 2 aromatic carbocycles. The Hall–Kier alpha value is -1.82. The Bertz CT molecular complexity index is 701. The molecule has 1 aliphatic carbocycles. The lowest BCUT2D eigenvalue weighted by Crippen LogP contribution is -2.00. The molecule has 0 heterocycles. The fourth-order valence-corrected chi connectivity index (χ4v) is 3.28. The minimum absolute atomic E-state index is 1.33. The van der Waals surface area contributed by atoms with E-state index < -0.39 is 0 Å². The maximum atomic E-state index is 2.26. The van der Waals surface area contributed by atoms with Crippen molar-refractivity contribution in [3.05, 3.63) is 69.6 Å². The molecule has 2 aromatic rings. The van der Waals surface area contributed by atoms with Crippen molar-refractivity contribution in [3.8, 4) is 11.1 Å². The van der Waals surface area contributed by atoms with Crippen LogP contribution in [0, 0.1) is 41.0 Å². The fraction of sp³-hybridized carbons (Fsp3) is 0.250. The maximum absolute atomic E-state index is 2.26. The lowest BCUT2D eigenvalue weighted by Gasteiger charge is -2.20. The van der Waals surface area contributed by atoms with Crippen molar-refractivity contribution in [2.75, 3.05) is 0 Å². The summed E-state index contributed by atoms with van der Waals surface area (Å²) in [4.78, 5) is 0. The third-order valence-corrected chi connectivity index (χ3v) is 4.95. The van der Waals surface area contributed by atoms with E-state index in [4.69, 9.17) is 0 Å². The molecule has 0 aliphatic heterocycles. The van der Waals surface area contributed by atoms with E-state index >= 15 is 0 Å². The van der Waals surface area contributed by atoms with Gasteiger partial charge in [-0.25, -0.2) is 0 Å². The van der Waals surface area contributed by atoms with Gasteiger partial charge in [0, 0.05) is 6.42 Å². The normalized spacial score (nSPS) is 12.8. The Morgan fingerprint density at radius 1 is 0.700 bits per heavy atom. The molecule has 1 radical (unpaired) electrons. The Kier molecular flexibility index (Phi) is 3.05. The fourth-order valence-electron chi connectivity index (χ4n) is 3.28. The second-order valence-electron chi connectivity index (χ2n) is 5.83. The first kappa shape index (κ1) is 13.2. The van der Waals surface area contributed by atoms with Crippen LogP contribution in [-0.4, -0.2) is 0 Å². The van der Waals surface area contributed by atoms with Gasteiger partial charge in [0.2, 0.25) is 0 Å². The van der Waals surface area contributed by atoms with Crippen LogP contribution in [0.5, 0.6) is 0 Å². The van der Waals surface area contributed by atoms with Gasteiger partial charge in [-0.15, -0.1) is 0 Å². The van der Waals surface area contributed by atoms with Crippen LogP contribution < -0.4 is 0 Å². The van der Waals surface area contributed by atoms with Gasteiger partial charge in [0.1, 0.15) is 0 Å². The predicted octanol–water partition coefficient (Wildman–Crippen LogP) is 5.47. The Balaban J connectivity index is 2.37. The summed E-state index contributed by atoms with van der Waals surface area (Å²) in [6, 6.07) is 6.62. The second kappa shape index (κ2) is 4.63. The Morgan fingerprint density at radius 2 is 1.30 bits per heavy atom. The topological polar surface area (TPSA) is 0 Å². The number of hydrogen-bond donors (Lipinski definition) is 0. The number of allylic oxidation sites excluding steroid dienone is 1. The zero-order valence-corrected chi connectivity index (χ0v) is 13.0. The van der Waals surface area contributed by atoms with Crippen molar-refractivity contribution in [1.29, 1.82) is 0 Å². The molecule has 0 spiro atoms. The smallest absolute Gasteiger partial charge is 0.0131 e. The van der Waals surface area contributed by atoms with E-state index in [1.54, 1.807) is 0 Å². The van der Waals surface area contributed by atoms with Gasteiger partial charge in [0.15, 0.2) is 0 Å². The Labute approximate surface area is 122 Å². The first-order chi connectivity index (χ1) is 9.52. The van der Waals surface area contributed by atoms with E-state index in [2.05, 4.69) is 71.4 Å². The first-order valence-corrected chi connectivity index (χ1v) is 7.24. The third kappa shape index (κ3) is 1.75. The van der Waals surface area contributed by atoms with Crippen LogP contribution in [0.4, 0.5) is 0 Å². The van der Waals surface area contributed by atoms with Crippen molar-refractivity contribution < 1.29 is 0 Å². The van der Waals surface area contributed by atoms with Gasteiger partial charge in [-0.1, -0.05) is 30.4 Å². The van der Waals surface area contributed by atoms with Crippen molar-refractivity contribution in [2.24, 2.45) is 0 Å². The molecule has 0 saturated heterocycles. The molecule has 0 fully saturated rings. The van der Waals surface area contributed by atoms with E-state index in [1.807, 2.05) is 0 Å². The summed E-state index contributed by atoms with van der Waals surface area (Å²) >= 11 is 0. The number of fused-ring (bicyclic) bond motifs is 1. The predicted molar refractivity (Wildman–Crippen MR) is 88.0 cm³/mol. The van der Waals surface area contributed by atoms with Crippen molar-refractivity contribution in [3.63, 3.8) is 0 Å². The van der Waals surface area contributed by atoms with Crippen LogP contribution in [0.1, 0.15) is 38.9 Å². The highest BCUT2D eigenvalue weighted by Gasteiger charge is 2.18. The van der Waals surface area contributed by atoms with E-state index in [9.17, 15) is 0 Å². The summed E-state index contributed by atoms with van der Waals surface area (Å²) in [6.45, 7) is 11.2. The molecule has 0 heteroatoms. The van der Waals surface area contributed by atoms with Crippen LogP contribution in [0.3, 0.4) is 0 Å². The molecular formula is C20H21. The molecule has 0 amide bonds. The standard InChI is InChI=1S/C20H21/c1-12-13(2)15(4)20(16(5)14(12)3)19-11-7-9-17-8-6-10-18(17)19/h6-11H,1-5H3. The van der Waals surface area contributed by atoms with Gasteiger partial charge >= 0.3 is 0 Å². The highest BCUT2D eigenvalue weighted by atomic mass is 14.2. The van der Waals surface area contributed by atoms with Crippen molar-refractivity contribution >= 4 is 6.08 Å². The van der Waals surface area contributed by atoms with E-state index in [0.29, 0.717) is 0 Å². The van der Waals surface area contributed by atoms with Gasteiger partial charge in [-0.3, -0.25) is 0 Å². The average Bonchev–Trinajstić information content (AvgIpc) is 2.92. The minimum atomic E-state index is 1.33. The third-order valence-electron chi connectivity index (χ3n) is 4.95. The van der Waals surface area contributed by atoms with Gasteiger partial charge in [0.25, 0.3) is 0 Å². The van der Waals surface area contributed by atoms with Crippen LogP contribution >= 0.6 is 0 Å². The minimum Gasteiger partial charge on any atom is -0.0754 e. The number of benzene rings is 2. The summed E-state index contributed by atoms with van der Waals surface area (Å²) in [5, 5.41) is 0. The summed E-state index contributed by atoms with van der Waals surface area (Å²) in [5.41, 5.74) is 12.6. The van der Waals surface area contributed by atoms with E-state index in [1.165, 1.54) is 50.1 Å². The molecule has 0 atom stereocenters. The summed E-state index contributed by atoms with van der Waals surface area (Å²) in [6.07, 6.45) is 6.57. The number of hydrogen-bond acceptors (Lipinski definition) is 0. The summed E-state index contributed by atoms with van der Waals surface area (Å²) < 4.78 is 0. The van der Waals surface area contributed by atoms with Gasteiger partial charge in [0.05, 0.1) is 0 Å². The van der Waals surface area contributed by atoms with Gasteiger partial charge < -0.3 is 0 Å². The molecule has 0 saturated carbocycles. The molecule has 101 valence electrons. The maximum Gasteiger partial charge on any atom is 0.0131 e. The highest BCUT2D eigenvalue weighted by molar-refractivity contribution is 5.85. The molecule has 0 unspecified atom stereocenters. The highest BCUT2D eigenvalue weighted by Crippen LogP contribution is 2.38. The zero-order chi connectivity index (χ0) is 14.4. The molecular weight excluding hydrogens is 240 g/mol. The van der Waals surface area contributed by atoms with Crippen LogP contribution in [0.25, 0.3) is 17.2 Å². The van der Waals surface area contributed by atoms with Crippen LogP contribution in [0.2, 0.25) is 0 Å². The van der Waals surface area contributed by atoms with Crippen molar-refractivity contribution in [2.45, 2.75) is 34.6 Å². The monoisotopic (exact) mass is 261 g/mol. The first-order valence-electron chi connectivity index (χ1n) is 7.24. The molecule has 1 aliphatic rings. The van der Waals surface area contributed by atoms with Gasteiger partial charge in [-0.2, -0.15) is 0 Å². The Morgan fingerprint density at radius 3 is 1.95 bits per heavy atom. The molecule has 20 heavy (non-hydrogen) atoms. The lowest BCUT2D eigenvalue weighted by molar-refractivity contribution is 1.18. The van der Waals surface area contributed by atoms with Crippen LogP contribution in [-0.2, 0) is 0 Å². The lowest BCUT2D eigenvalue weighted by atomic mass is 9.84. The quantitative estimate of drug-likeness (QED) is 0.638. The number of rotatable bonds is 1. The summed E-state index contributed by atoms with van der Waals surface area (Å²) in [7, 11) is 0. The molecule has 0 nitrogen and oxygen atoms in total. The second-order valence-corrected chi connectivity index (χ2v) is 5.83. The molecule has 3 rings (SSSR count). The average molecular weight is 261 g/mol. The van der Waals surface area contributed by atoms with E-state index in [0.717, 1.165) is 0 Å². The molecule has 0 N–H and O–H groups in total.